The van der Waals surface area contributed by atoms with Crippen molar-refractivity contribution < 1.29 is 0 Å². The summed E-state index contributed by atoms with van der Waals surface area (Å²) in [6.45, 7) is 2.93. The normalized spacial score (nSPS) is 11.6. The number of nitrogens with zero attached hydrogens (tertiary/aromatic N) is 1. The predicted molar refractivity (Wildman–Crippen MR) is 63.9 cm³/mol. The first-order valence-corrected chi connectivity index (χ1v) is 5.78. The lowest BCUT2D eigenvalue weighted by molar-refractivity contribution is 0.929. The fraction of sp³-hybridized carbons (Fsp3) is 0.364. The van der Waals surface area contributed by atoms with Crippen LogP contribution in [0.1, 0.15) is 13.3 Å². The Morgan fingerprint density at radius 1 is 1.36 bits per heavy atom. The average Bonchev–Trinajstić information content (AvgIpc) is 2.25. The SMILES string of the molecule is CCCN=C(N)CSc1ccccc1. The molecule has 1 aromatic rings. The second-order valence-corrected chi connectivity index (χ2v) is 4.02. The summed E-state index contributed by atoms with van der Waals surface area (Å²) in [5.74, 6) is 1.52. The van der Waals surface area contributed by atoms with Gasteiger partial charge in [0.05, 0.1) is 5.75 Å². The summed E-state index contributed by atoms with van der Waals surface area (Å²) in [7, 11) is 0. The average molecular weight is 208 g/mol. The lowest BCUT2D eigenvalue weighted by Gasteiger charge is -2.00. The van der Waals surface area contributed by atoms with Gasteiger partial charge in [-0.2, -0.15) is 0 Å². The molecule has 0 heterocycles. The van der Waals surface area contributed by atoms with Crippen molar-refractivity contribution in [3.8, 4) is 0 Å². The molecule has 76 valence electrons. The van der Waals surface area contributed by atoms with Crippen LogP contribution in [0.3, 0.4) is 0 Å². The molecule has 0 unspecified atom stereocenters. The van der Waals surface area contributed by atoms with E-state index in [0.29, 0.717) is 0 Å². The van der Waals surface area contributed by atoms with Gasteiger partial charge in [-0.05, 0) is 18.6 Å². The van der Waals surface area contributed by atoms with Gasteiger partial charge in [-0.25, -0.2) is 0 Å². The van der Waals surface area contributed by atoms with Gasteiger partial charge in [0.1, 0.15) is 5.84 Å². The highest BCUT2D eigenvalue weighted by atomic mass is 32.2. The van der Waals surface area contributed by atoms with Gasteiger partial charge in [-0.3, -0.25) is 4.99 Å². The molecule has 0 atom stereocenters. The Morgan fingerprint density at radius 2 is 2.07 bits per heavy atom. The number of thioether (sulfide) groups is 1. The van der Waals surface area contributed by atoms with E-state index in [1.54, 1.807) is 11.8 Å². The maximum absolute atomic E-state index is 5.74. The summed E-state index contributed by atoms with van der Waals surface area (Å²) in [4.78, 5) is 5.47. The van der Waals surface area contributed by atoms with Crippen LogP contribution in [0.5, 0.6) is 0 Å². The highest BCUT2D eigenvalue weighted by molar-refractivity contribution is 8.00. The highest BCUT2D eigenvalue weighted by Gasteiger charge is 1.94. The van der Waals surface area contributed by atoms with E-state index in [2.05, 4.69) is 24.0 Å². The smallest absolute Gasteiger partial charge is 0.104 e. The zero-order valence-corrected chi connectivity index (χ0v) is 9.26. The molecular formula is C11H16N2S. The lowest BCUT2D eigenvalue weighted by atomic mass is 10.4. The van der Waals surface area contributed by atoms with Gasteiger partial charge < -0.3 is 5.73 Å². The number of hydrogen-bond acceptors (Lipinski definition) is 2. The maximum atomic E-state index is 5.74. The fourth-order valence-corrected chi connectivity index (χ4v) is 1.73. The van der Waals surface area contributed by atoms with Gasteiger partial charge in [0.15, 0.2) is 0 Å². The van der Waals surface area contributed by atoms with Crippen LogP contribution in [0.25, 0.3) is 0 Å². The Balaban J connectivity index is 2.34. The van der Waals surface area contributed by atoms with E-state index in [4.69, 9.17) is 5.73 Å². The van der Waals surface area contributed by atoms with Crippen molar-refractivity contribution in [2.75, 3.05) is 12.3 Å². The summed E-state index contributed by atoms with van der Waals surface area (Å²) in [6.07, 6.45) is 1.05. The predicted octanol–water partition coefficient (Wildman–Crippen LogP) is 2.55. The summed E-state index contributed by atoms with van der Waals surface area (Å²) in [5, 5.41) is 0. The second-order valence-electron chi connectivity index (χ2n) is 2.97. The van der Waals surface area contributed by atoms with Crippen molar-refractivity contribution in [2.45, 2.75) is 18.2 Å². The van der Waals surface area contributed by atoms with E-state index in [-0.39, 0.29) is 0 Å². The van der Waals surface area contributed by atoms with Gasteiger partial charge >= 0.3 is 0 Å². The van der Waals surface area contributed by atoms with Crippen molar-refractivity contribution in [1.82, 2.24) is 0 Å². The number of hydrogen-bond donors (Lipinski definition) is 1. The standard InChI is InChI=1S/C11H16N2S/c1-2-8-13-11(12)9-14-10-6-4-3-5-7-10/h3-7H,2,8-9H2,1H3,(H2,12,13). The van der Waals surface area contributed by atoms with E-state index in [0.717, 1.165) is 24.6 Å². The molecule has 3 heteroatoms. The monoisotopic (exact) mass is 208 g/mol. The molecule has 0 bridgehead atoms. The maximum Gasteiger partial charge on any atom is 0.104 e. The first kappa shape index (κ1) is 11.1. The van der Waals surface area contributed by atoms with E-state index >= 15 is 0 Å². The third-order valence-electron chi connectivity index (χ3n) is 1.67. The first-order chi connectivity index (χ1) is 6.83. The molecule has 0 aromatic heterocycles. The summed E-state index contributed by atoms with van der Waals surface area (Å²) in [6, 6.07) is 10.2. The quantitative estimate of drug-likeness (QED) is 0.459. The molecule has 0 spiro atoms. The summed E-state index contributed by atoms with van der Waals surface area (Å²) >= 11 is 1.72. The lowest BCUT2D eigenvalue weighted by Crippen LogP contribution is -2.15. The molecule has 1 rings (SSSR count). The Bertz CT molecular complexity index is 283. The Kier molecular flexibility index (Phi) is 5.15. The zero-order valence-electron chi connectivity index (χ0n) is 8.44. The van der Waals surface area contributed by atoms with E-state index in [1.165, 1.54) is 4.90 Å². The van der Waals surface area contributed by atoms with Crippen molar-refractivity contribution in [1.29, 1.82) is 0 Å². The molecule has 0 aliphatic carbocycles. The topological polar surface area (TPSA) is 38.4 Å². The minimum absolute atomic E-state index is 0.737. The minimum atomic E-state index is 0.737. The van der Waals surface area contributed by atoms with Gasteiger partial charge in [0, 0.05) is 11.4 Å². The summed E-state index contributed by atoms with van der Waals surface area (Å²) < 4.78 is 0. The van der Waals surface area contributed by atoms with Crippen LogP contribution < -0.4 is 5.73 Å². The Labute approximate surface area is 89.6 Å². The number of aliphatic imine (C=N–C) groups is 1. The number of rotatable bonds is 5. The Morgan fingerprint density at radius 3 is 2.71 bits per heavy atom. The second kappa shape index (κ2) is 6.49. The van der Waals surface area contributed by atoms with Crippen LogP contribution in [0.4, 0.5) is 0 Å². The van der Waals surface area contributed by atoms with Gasteiger partial charge in [0.2, 0.25) is 0 Å². The fourth-order valence-electron chi connectivity index (χ4n) is 0.975. The zero-order chi connectivity index (χ0) is 10.2. The van der Waals surface area contributed by atoms with Crippen LogP contribution in [0.15, 0.2) is 40.2 Å². The molecule has 2 nitrogen and oxygen atoms in total. The van der Waals surface area contributed by atoms with E-state index in [9.17, 15) is 0 Å². The van der Waals surface area contributed by atoms with Crippen LogP contribution in [0.2, 0.25) is 0 Å². The molecule has 2 N–H and O–H groups in total. The van der Waals surface area contributed by atoms with Crippen LogP contribution in [-0.2, 0) is 0 Å². The molecule has 0 saturated heterocycles. The third-order valence-corrected chi connectivity index (χ3v) is 2.71. The van der Waals surface area contributed by atoms with Gasteiger partial charge in [-0.15, -0.1) is 11.8 Å². The largest absolute Gasteiger partial charge is 0.387 e. The number of nitrogens with two attached hydrogens (primary N) is 1. The highest BCUT2D eigenvalue weighted by Crippen LogP contribution is 2.16. The van der Waals surface area contributed by atoms with Gasteiger partial charge in [-0.1, -0.05) is 25.1 Å². The van der Waals surface area contributed by atoms with Crippen LogP contribution >= 0.6 is 11.8 Å². The van der Waals surface area contributed by atoms with Crippen molar-refractivity contribution in [3.05, 3.63) is 30.3 Å². The molecule has 0 radical (unpaired) electrons. The van der Waals surface area contributed by atoms with Crippen LogP contribution in [0, 0.1) is 0 Å². The third kappa shape index (κ3) is 4.33. The van der Waals surface area contributed by atoms with Crippen molar-refractivity contribution in [2.24, 2.45) is 10.7 Å². The molecule has 0 fully saturated rings. The first-order valence-electron chi connectivity index (χ1n) is 4.79. The molecule has 1 aromatic carbocycles. The molecule has 0 aliphatic rings. The van der Waals surface area contributed by atoms with Gasteiger partial charge in [0.25, 0.3) is 0 Å². The van der Waals surface area contributed by atoms with E-state index in [1.807, 2.05) is 18.2 Å². The van der Waals surface area contributed by atoms with Crippen molar-refractivity contribution in [3.63, 3.8) is 0 Å². The van der Waals surface area contributed by atoms with Crippen LogP contribution in [-0.4, -0.2) is 18.1 Å². The minimum Gasteiger partial charge on any atom is -0.387 e. The molecular weight excluding hydrogens is 192 g/mol. The van der Waals surface area contributed by atoms with Crippen molar-refractivity contribution >= 4 is 17.6 Å². The Hall–Kier alpha value is -0.960. The molecule has 0 saturated carbocycles. The molecule has 14 heavy (non-hydrogen) atoms. The molecule has 0 aliphatic heterocycles. The molecule has 0 amide bonds. The van der Waals surface area contributed by atoms with E-state index < -0.39 is 0 Å². The number of amidine groups is 1. The summed E-state index contributed by atoms with van der Waals surface area (Å²) in [5.41, 5.74) is 5.74. The number of benzene rings is 1.